The standard InChI is InChI=1S/C11H21N5/c1-3-4-5-6-9(2)15-10-7-11(16-12)14-8-13-10/h7-9H,3-6,12H2,1-2H3,(H2,13,14,15,16). The molecule has 0 aliphatic carbocycles. The summed E-state index contributed by atoms with van der Waals surface area (Å²) in [6, 6.07) is 2.23. The van der Waals surface area contributed by atoms with E-state index in [2.05, 4.69) is 34.6 Å². The highest BCUT2D eigenvalue weighted by Crippen LogP contribution is 2.11. The van der Waals surface area contributed by atoms with Crippen molar-refractivity contribution in [2.45, 2.75) is 45.6 Å². The van der Waals surface area contributed by atoms with E-state index in [0.717, 1.165) is 12.2 Å². The molecule has 0 saturated carbocycles. The molecule has 1 aromatic rings. The van der Waals surface area contributed by atoms with Crippen molar-refractivity contribution in [1.82, 2.24) is 9.97 Å². The van der Waals surface area contributed by atoms with Crippen molar-refractivity contribution >= 4 is 11.6 Å². The lowest BCUT2D eigenvalue weighted by molar-refractivity contribution is 0.613. The highest BCUT2D eigenvalue weighted by molar-refractivity contribution is 5.45. The van der Waals surface area contributed by atoms with Crippen molar-refractivity contribution in [1.29, 1.82) is 0 Å². The number of nitrogens with zero attached hydrogens (tertiary/aromatic N) is 2. The monoisotopic (exact) mass is 223 g/mol. The second-order valence-corrected chi connectivity index (χ2v) is 3.97. The van der Waals surface area contributed by atoms with Crippen LogP contribution in [0.3, 0.4) is 0 Å². The fraction of sp³-hybridized carbons (Fsp3) is 0.636. The minimum absolute atomic E-state index is 0.423. The van der Waals surface area contributed by atoms with Crippen LogP contribution in [-0.4, -0.2) is 16.0 Å². The van der Waals surface area contributed by atoms with E-state index < -0.39 is 0 Å². The zero-order valence-corrected chi connectivity index (χ0v) is 10.0. The number of nitrogen functional groups attached to an aromatic ring is 1. The van der Waals surface area contributed by atoms with Crippen molar-refractivity contribution in [2.75, 3.05) is 10.7 Å². The van der Waals surface area contributed by atoms with Gasteiger partial charge >= 0.3 is 0 Å². The number of nitrogens with one attached hydrogen (secondary N) is 2. The summed E-state index contributed by atoms with van der Waals surface area (Å²) in [5, 5.41) is 3.33. The number of anilines is 2. The van der Waals surface area contributed by atoms with Crippen molar-refractivity contribution < 1.29 is 0 Å². The molecule has 0 amide bonds. The van der Waals surface area contributed by atoms with Crippen molar-refractivity contribution in [3.05, 3.63) is 12.4 Å². The maximum Gasteiger partial charge on any atom is 0.145 e. The molecule has 1 unspecified atom stereocenters. The quantitative estimate of drug-likeness (QED) is 0.375. The molecule has 1 atom stereocenters. The van der Waals surface area contributed by atoms with Crippen LogP contribution in [0.25, 0.3) is 0 Å². The highest BCUT2D eigenvalue weighted by Gasteiger charge is 2.03. The molecule has 1 rings (SSSR count). The maximum atomic E-state index is 5.28. The van der Waals surface area contributed by atoms with Gasteiger partial charge in [0.1, 0.15) is 18.0 Å². The second kappa shape index (κ2) is 7.00. The number of hydrazine groups is 1. The molecule has 5 nitrogen and oxygen atoms in total. The van der Waals surface area contributed by atoms with E-state index in [-0.39, 0.29) is 0 Å². The van der Waals surface area contributed by atoms with E-state index in [0.29, 0.717) is 11.9 Å². The zero-order valence-electron chi connectivity index (χ0n) is 10.0. The Kier molecular flexibility index (Phi) is 5.56. The third-order valence-corrected chi connectivity index (χ3v) is 2.45. The van der Waals surface area contributed by atoms with Gasteiger partial charge in [-0.05, 0) is 13.3 Å². The fourth-order valence-electron chi connectivity index (χ4n) is 1.54. The van der Waals surface area contributed by atoms with E-state index in [4.69, 9.17) is 5.84 Å². The molecule has 0 saturated heterocycles. The molecule has 0 bridgehead atoms. The lowest BCUT2D eigenvalue weighted by atomic mass is 10.1. The number of hydrogen-bond acceptors (Lipinski definition) is 5. The predicted octanol–water partition coefficient (Wildman–Crippen LogP) is 2.14. The van der Waals surface area contributed by atoms with Crippen LogP contribution < -0.4 is 16.6 Å². The normalized spacial score (nSPS) is 12.2. The van der Waals surface area contributed by atoms with Gasteiger partial charge in [0.25, 0.3) is 0 Å². The highest BCUT2D eigenvalue weighted by atomic mass is 15.3. The van der Waals surface area contributed by atoms with Gasteiger partial charge in [-0.15, -0.1) is 0 Å². The molecule has 0 spiro atoms. The maximum absolute atomic E-state index is 5.28. The van der Waals surface area contributed by atoms with Crippen LogP contribution in [0.15, 0.2) is 12.4 Å². The number of aromatic nitrogens is 2. The lowest BCUT2D eigenvalue weighted by Crippen LogP contribution is -2.16. The largest absolute Gasteiger partial charge is 0.367 e. The summed E-state index contributed by atoms with van der Waals surface area (Å²) >= 11 is 0. The average molecular weight is 223 g/mol. The summed E-state index contributed by atoms with van der Waals surface area (Å²) in [5.41, 5.74) is 2.50. The van der Waals surface area contributed by atoms with Gasteiger partial charge < -0.3 is 10.7 Å². The van der Waals surface area contributed by atoms with Crippen LogP contribution in [0.5, 0.6) is 0 Å². The first-order chi connectivity index (χ1) is 7.76. The van der Waals surface area contributed by atoms with Crippen LogP contribution in [0.4, 0.5) is 11.6 Å². The molecule has 90 valence electrons. The molecule has 4 N–H and O–H groups in total. The summed E-state index contributed by atoms with van der Waals surface area (Å²) < 4.78 is 0. The summed E-state index contributed by atoms with van der Waals surface area (Å²) in [7, 11) is 0. The molecule has 16 heavy (non-hydrogen) atoms. The first kappa shape index (κ1) is 12.7. The molecule has 0 fully saturated rings. The van der Waals surface area contributed by atoms with Gasteiger partial charge in [0.15, 0.2) is 0 Å². The van der Waals surface area contributed by atoms with E-state index >= 15 is 0 Å². The Bertz CT molecular complexity index is 302. The molecule has 0 aliphatic heterocycles. The van der Waals surface area contributed by atoms with E-state index in [1.165, 1.54) is 25.6 Å². The molecular formula is C11H21N5. The number of unbranched alkanes of at least 4 members (excludes halogenated alkanes) is 2. The fourth-order valence-corrected chi connectivity index (χ4v) is 1.54. The van der Waals surface area contributed by atoms with Gasteiger partial charge in [-0.2, -0.15) is 0 Å². The average Bonchev–Trinajstić information content (AvgIpc) is 2.29. The van der Waals surface area contributed by atoms with Crippen LogP contribution in [0, 0.1) is 0 Å². The van der Waals surface area contributed by atoms with E-state index in [1.54, 1.807) is 6.07 Å². The first-order valence-corrected chi connectivity index (χ1v) is 5.81. The van der Waals surface area contributed by atoms with Crippen LogP contribution >= 0.6 is 0 Å². The SMILES string of the molecule is CCCCCC(C)Nc1cc(NN)ncn1. The van der Waals surface area contributed by atoms with Crippen molar-refractivity contribution in [2.24, 2.45) is 5.84 Å². The topological polar surface area (TPSA) is 75.9 Å². The Morgan fingerprint density at radius 1 is 1.31 bits per heavy atom. The van der Waals surface area contributed by atoms with Crippen molar-refractivity contribution in [3.63, 3.8) is 0 Å². The van der Waals surface area contributed by atoms with Crippen LogP contribution in [-0.2, 0) is 0 Å². The summed E-state index contributed by atoms with van der Waals surface area (Å²) in [4.78, 5) is 8.09. The molecule has 0 aromatic carbocycles. The van der Waals surface area contributed by atoms with Gasteiger partial charge in [-0.25, -0.2) is 15.8 Å². The molecule has 1 heterocycles. The van der Waals surface area contributed by atoms with E-state index in [1.807, 2.05) is 0 Å². The number of rotatable bonds is 7. The predicted molar refractivity (Wildman–Crippen MR) is 67.1 cm³/mol. The molecule has 5 heteroatoms. The lowest BCUT2D eigenvalue weighted by Gasteiger charge is -2.14. The number of nitrogens with two attached hydrogens (primary N) is 1. The van der Waals surface area contributed by atoms with Gasteiger partial charge in [-0.1, -0.05) is 26.2 Å². The number of hydrogen-bond donors (Lipinski definition) is 3. The molecular weight excluding hydrogens is 202 g/mol. The Morgan fingerprint density at radius 2 is 2.06 bits per heavy atom. The van der Waals surface area contributed by atoms with Crippen molar-refractivity contribution in [3.8, 4) is 0 Å². The third kappa shape index (κ3) is 4.44. The summed E-state index contributed by atoms with van der Waals surface area (Å²) in [6.45, 7) is 4.37. The molecule has 0 aliphatic rings. The van der Waals surface area contributed by atoms with E-state index in [9.17, 15) is 0 Å². The Labute approximate surface area is 96.8 Å². The second-order valence-electron chi connectivity index (χ2n) is 3.97. The Balaban J connectivity index is 2.39. The van der Waals surface area contributed by atoms with Crippen LogP contribution in [0.1, 0.15) is 39.5 Å². The van der Waals surface area contributed by atoms with Gasteiger partial charge in [0, 0.05) is 12.1 Å². The zero-order chi connectivity index (χ0) is 11.8. The van der Waals surface area contributed by atoms with Gasteiger partial charge in [-0.3, -0.25) is 0 Å². The first-order valence-electron chi connectivity index (χ1n) is 5.81. The summed E-state index contributed by atoms with van der Waals surface area (Å²) in [5.74, 6) is 6.72. The van der Waals surface area contributed by atoms with Gasteiger partial charge in [0.05, 0.1) is 0 Å². The van der Waals surface area contributed by atoms with Crippen LogP contribution in [0.2, 0.25) is 0 Å². The Hall–Kier alpha value is -1.36. The Morgan fingerprint density at radius 3 is 2.75 bits per heavy atom. The molecule has 0 radical (unpaired) electrons. The third-order valence-electron chi connectivity index (χ3n) is 2.45. The van der Waals surface area contributed by atoms with Gasteiger partial charge in [0.2, 0.25) is 0 Å². The molecule has 1 aromatic heterocycles. The minimum atomic E-state index is 0.423. The summed E-state index contributed by atoms with van der Waals surface area (Å²) in [6.07, 6.45) is 6.43. The minimum Gasteiger partial charge on any atom is -0.367 e. The smallest absolute Gasteiger partial charge is 0.145 e.